The molecule has 0 unspecified atom stereocenters. The van der Waals surface area contributed by atoms with Crippen LogP contribution in [0.15, 0.2) is 17.2 Å². The van der Waals surface area contributed by atoms with Crippen LogP contribution in [0, 0.1) is 0 Å². The number of hydrogen-bond donors (Lipinski definition) is 2. The van der Waals surface area contributed by atoms with Crippen LogP contribution in [-0.2, 0) is 37.6 Å². The van der Waals surface area contributed by atoms with Crippen LogP contribution < -0.4 is 10.3 Å². The van der Waals surface area contributed by atoms with Gasteiger partial charge in [0.2, 0.25) is 5.95 Å². The maximum Gasteiger partial charge on any atom is 0.245 e. The van der Waals surface area contributed by atoms with Crippen LogP contribution in [0.25, 0.3) is 0 Å². The van der Waals surface area contributed by atoms with Crippen molar-refractivity contribution in [1.82, 2.24) is 9.97 Å². The number of morpholine rings is 1. The number of aromatic nitrogens is 2. The van der Waals surface area contributed by atoms with Crippen LogP contribution in [0.3, 0.4) is 0 Å². The molecule has 3 heterocycles. The maximum atomic E-state index is 12.3. The van der Waals surface area contributed by atoms with Gasteiger partial charge in [0, 0.05) is 36.2 Å². The lowest BCUT2D eigenvalue weighted by Crippen LogP contribution is -2.38. The summed E-state index contributed by atoms with van der Waals surface area (Å²) in [6.45, 7) is 15.0. The van der Waals surface area contributed by atoms with E-state index in [-0.39, 0.29) is 28.1 Å². The Morgan fingerprint density at radius 1 is 1.08 bits per heavy atom. The van der Waals surface area contributed by atoms with Crippen LogP contribution in [0.2, 0.25) is 0 Å². The SMILES string of the molecule is CC(C)(C)c1cc(/C=N/Nc2nc3c(c(N4CCOCC4)n2)CS(=O)(=O)CC3)c(O)c(C(C)(C)C)c1. The summed E-state index contributed by atoms with van der Waals surface area (Å²) < 4.78 is 30.1. The second-order valence-electron chi connectivity index (χ2n) is 11.6. The summed E-state index contributed by atoms with van der Waals surface area (Å²) in [5.74, 6) is 1.14. The van der Waals surface area contributed by atoms with E-state index in [2.05, 4.69) is 68.1 Å². The Morgan fingerprint density at radius 2 is 1.78 bits per heavy atom. The first kappa shape index (κ1) is 26.3. The molecule has 10 heteroatoms. The molecule has 0 radical (unpaired) electrons. The van der Waals surface area contributed by atoms with Gasteiger partial charge in [-0.05, 0) is 22.5 Å². The zero-order valence-corrected chi connectivity index (χ0v) is 22.9. The second kappa shape index (κ2) is 9.63. The van der Waals surface area contributed by atoms with Crippen molar-refractivity contribution in [2.24, 2.45) is 5.10 Å². The molecule has 2 aliphatic rings. The van der Waals surface area contributed by atoms with Gasteiger partial charge in [-0.3, -0.25) is 0 Å². The summed E-state index contributed by atoms with van der Waals surface area (Å²) in [5.41, 5.74) is 6.55. The van der Waals surface area contributed by atoms with Gasteiger partial charge in [-0.15, -0.1) is 0 Å². The average molecular weight is 516 g/mol. The van der Waals surface area contributed by atoms with Gasteiger partial charge in [-0.2, -0.15) is 10.1 Å². The van der Waals surface area contributed by atoms with E-state index in [1.165, 1.54) is 0 Å². The maximum absolute atomic E-state index is 12.3. The molecule has 0 bridgehead atoms. The Morgan fingerprint density at radius 3 is 2.42 bits per heavy atom. The summed E-state index contributed by atoms with van der Waals surface area (Å²) in [4.78, 5) is 11.3. The monoisotopic (exact) mass is 515 g/mol. The number of phenolic OH excluding ortho intramolecular Hbond substituents is 1. The molecule has 2 aromatic rings. The molecule has 36 heavy (non-hydrogen) atoms. The van der Waals surface area contributed by atoms with Crippen molar-refractivity contribution in [3.05, 3.63) is 40.1 Å². The zero-order chi connectivity index (χ0) is 26.3. The van der Waals surface area contributed by atoms with Crippen molar-refractivity contribution in [3.8, 4) is 5.75 Å². The lowest BCUT2D eigenvalue weighted by Gasteiger charge is -2.31. The number of anilines is 2. The topological polar surface area (TPSA) is 117 Å². The largest absolute Gasteiger partial charge is 0.507 e. The van der Waals surface area contributed by atoms with E-state index < -0.39 is 9.84 Å². The van der Waals surface area contributed by atoms with Gasteiger partial charge in [0.25, 0.3) is 0 Å². The molecule has 4 rings (SSSR count). The van der Waals surface area contributed by atoms with Crippen molar-refractivity contribution in [2.75, 3.05) is 42.4 Å². The molecule has 0 spiro atoms. The molecule has 196 valence electrons. The first-order valence-corrected chi connectivity index (χ1v) is 14.2. The Labute approximate surface area is 213 Å². The number of rotatable bonds is 4. The number of aryl methyl sites for hydroxylation is 1. The Kier molecular flexibility index (Phi) is 7.04. The first-order valence-electron chi connectivity index (χ1n) is 12.3. The van der Waals surface area contributed by atoms with Gasteiger partial charge < -0.3 is 14.7 Å². The molecule has 1 aromatic carbocycles. The fourth-order valence-corrected chi connectivity index (χ4v) is 5.81. The molecule has 2 aliphatic heterocycles. The predicted molar refractivity (Wildman–Crippen MR) is 143 cm³/mol. The van der Waals surface area contributed by atoms with Gasteiger partial charge in [-0.25, -0.2) is 18.8 Å². The normalized spacial score (nSPS) is 18.3. The van der Waals surface area contributed by atoms with Gasteiger partial charge in [0.15, 0.2) is 9.84 Å². The van der Waals surface area contributed by atoms with E-state index in [4.69, 9.17) is 4.74 Å². The number of phenols is 1. The highest BCUT2D eigenvalue weighted by Gasteiger charge is 2.29. The number of hydrogen-bond acceptors (Lipinski definition) is 9. The number of hydrazone groups is 1. The highest BCUT2D eigenvalue weighted by molar-refractivity contribution is 7.90. The zero-order valence-electron chi connectivity index (χ0n) is 22.1. The molecular formula is C26H37N5O4S. The standard InChI is InChI=1S/C26H37N5O4S/c1-25(2,3)18-13-17(22(32)20(14-18)26(4,5)6)15-27-30-24-28-21-7-12-36(33,34)16-19(21)23(29-24)31-8-10-35-11-9-31/h13-15,32H,7-12,16H2,1-6H3,(H,28,29,30)/b27-15+. The number of sulfone groups is 1. The minimum absolute atomic E-state index is 0.0539. The van der Waals surface area contributed by atoms with Crippen LogP contribution in [-0.4, -0.2) is 61.8 Å². The minimum atomic E-state index is -3.18. The third kappa shape index (κ3) is 5.81. The number of nitrogens with zero attached hydrogens (tertiary/aromatic N) is 4. The summed E-state index contributed by atoms with van der Waals surface area (Å²) in [7, 11) is -3.18. The van der Waals surface area contributed by atoms with E-state index >= 15 is 0 Å². The third-order valence-electron chi connectivity index (χ3n) is 6.58. The summed E-state index contributed by atoms with van der Waals surface area (Å²) in [5, 5.41) is 15.4. The van der Waals surface area contributed by atoms with E-state index in [1.54, 1.807) is 6.21 Å². The Hall–Kier alpha value is -2.72. The number of benzene rings is 1. The van der Waals surface area contributed by atoms with Crippen molar-refractivity contribution in [3.63, 3.8) is 0 Å². The summed E-state index contributed by atoms with van der Waals surface area (Å²) >= 11 is 0. The number of aromatic hydroxyl groups is 1. The van der Waals surface area contributed by atoms with Crippen LogP contribution in [0.4, 0.5) is 11.8 Å². The lowest BCUT2D eigenvalue weighted by atomic mass is 9.79. The van der Waals surface area contributed by atoms with E-state index in [0.29, 0.717) is 55.6 Å². The second-order valence-corrected chi connectivity index (χ2v) is 13.8. The molecule has 1 aromatic heterocycles. The van der Waals surface area contributed by atoms with Crippen molar-refractivity contribution in [2.45, 2.75) is 64.5 Å². The fourth-order valence-electron chi connectivity index (χ4n) is 4.42. The van der Waals surface area contributed by atoms with Crippen LogP contribution in [0.5, 0.6) is 5.75 Å². The first-order chi connectivity index (χ1) is 16.7. The Balaban J connectivity index is 1.68. The summed E-state index contributed by atoms with van der Waals surface area (Å²) in [6.07, 6.45) is 1.93. The van der Waals surface area contributed by atoms with E-state index in [1.807, 2.05) is 11.0 Å². The third-order valence-corrected chi connectivity index (χ3v) is 8.13. The Bertz CT molecular complexity index is 1270. The summed E-state index contributed by atoms with van der Waals surface area (Å²) in [6, 6.07) is 4.02. The van der Waals surface area contributed by atoms with Gasteiger partial charge in [-0.1, -0.05) is 47.6 Å². The van der Waals surface area contributed by atoms with E-state index in [0.717, 1.165) is 16.8 Å². The molecule has 1 fully saturated rings. The molecule has 0 atom stereocenters. The molecule has 0 aliphatic carbocycles. The van der Waals surface area contributed by atoms with Gasteiger partial charge >= 0.3 is 0 Å². The van der Waals surface area contributed by atoms with E-state index in [9.17, 15) is 13.5 Å². The molecule has 2 N–H and O–H groups in total. The number of fused-ring (bicyclic) bond motifs is 1. The predicted octanol–water partition coefficient (Wildman–Crippen LogP) is 3.53. The van der Waals surface area contributed by atoms with Crippen LogP contribution in [0.1, 0.15) is 69.5 Å². The highest BCUT2D eigenvalue weighted by Crippen LogP contribution is 2.37. The number of ether oxygens (including phenoxy) is 1. The quantitative estimate of drug-likeness (QED) is 0.469. The molecule has 9 nitrogen and oxygen atoms in total. The van der Waals surface area contributed by atoms with Crippen molar-refractivity contribution in [1.29, 1.82) is 0 Å². The minimum Gasteiger partial charge on any atom is -0.507 e. The lowest BCUT2D eigenvalue weighted by molar-refractivity contribution is 0.122. The molecule has 1 saturated heterocycles. The highest BCUT2D eigenvalue weighted by atomic mass is 32.2. The van der Waals surface area contributed by atoms with Crippen LogP contribution >= 0.6 is 0 Å². The number of nitrogens with one attached hydrogen (secondary N) is 1. The van der Waals surface area contributed by atoms with Crippen molar-refractivity contribution < 1.29 is 18.3 Å². The molecule has 0 amide bonds. The van der Waals surface area contributed by atoms with Gasteiger partial charge in [0.1, 0.15) is 11.6 Å². The molecule has 0 saturated carbocycles. The fraction of sp³-hybridized carbons (Fsp3) is 0.577. The molecular weight excluding hydrogens is 478 g/mol. The average Bonchev–Trinajstić information content (AvgIpc) is 2.78. The van der Waals surface area contributed by atoms with Crippen molar-refractivity contribution >= 4 is 27.8 Å². The smallest absolute Gasteiger partial charge is 0.245 e. The van der Waals surface area contributed by atoms with Gasteiger partial charge in [0.05, 0.1) is 36.6 Å².